The third-order valence-corrected chi connectivity index (χ3v) is 2.70. The van der Waals surface area contributed by atoms with E-state index in [1.165, 1.54) is 0 Å². The Morgan fingerprint density at radius 1 is 1.53 bits per heavy atom. The predicted molar refractivity (Wildman–Crippen MR) is 57.0 cm³/mol. The SMILES string of the molecule is CNC(CCN1CCCOCC1)C(=O)O. The van der Waals surface area contributed by atoms with Crippen LogP contribution in [0.15, 0.2) is 0 Å². The van der Waals surface area contributed by atoms with Crippen LogP contribution in [0.3, 0.4) is 0 Å². The molecule has 0 radical (unpaired) electrons. The first-order chi connectivity index (χ1) is 7.24. The molecule has 1 fully saturated rings. The third kappa shape index (κ3) is 4.59. The molecule has 0 aromatic heterocycles. The van der Waals surface area contributed by atoms with Crippen LogP contribution in [0.5, 0.6) is 0 Å². The first-order valence-electron chi connectivity index (χ1n) is 5.44. The molecule has 1 rings (SSSR count). The number of carboxylic acids is 1. The summed E-state index contributed by atoms with van der Waals surface area (Å²) in [7, 11) is 1.68. The quantitative estimate of drug-likeness (QED) is 0.665. The van der Waals surface area contributed by atoms with Gasteiger partial charge in [0, 0.05) is 26.2 Å². The van der Waals surface area contributed by atoms with E-state index in [1.54, 1.807) is 7.05 Å². The lowest BCUT2D eigenvalue weighted by Crippen LogP contribution is -2.38. The summed E-state index contributed by atoms with van der Waals surface area (Å²) in [5.74, 6) is -0.774. The summed E-state index contributed by atoms with van der Waals surface area (Å²) >= 11 is 0. The van der Waals surface area contributed by atoms with Gasteiger partial charge in [0.05, 0.1) is 6.61 Å². The molecule has 2 N–H and O–H groups in total. The molecule has 88 valence electrons. The summed E-state index contributed by atoms with van der Waals surface area (Å²) in [5, 5.41) is 11.7. The lowest BCUT2D eigenvalue weighted by atomic mass is 10.2. The zero-order chi connectivity index (χ0) is 11.1. The molecule has 1 aliphatic heterocycles. The van der Waals surface area contributed by atoms with E-state index in [-0.39, 0.29) is 0 Å². The van der Waals surface area contributed by atoms with Crippen molar-refractivity contribution in [1.29, 1.82) is 0 Å². The van der Waals surface area contributed by atoms with E-state index in [4.69, 9.17) is 9.84 Å². The van der Waals surface area contributed by atoms with E-state index >= 15 is 0 Å². The van der Waals surface area contributed by atoms with Crippen LogP contribution in [0.4, 0.5) is 0 Å². The van der Waals surface area contributed by atoms with Gasteiger partial charge in [-0.15, -0.1) is 0 Å². The van der Waals surface area contributed by atoms with E-state index in [2.05, 4.69) is 10.2 Å². The second-order valence-corrected chi connectivity index (χ2v) is 3.78. The molecule has 0 amide bonds. The lowest BCUT2D eigenvalue weighted by Gasteiger charge is -2.21. The molecule has 0 aromatic carbocycles. The normalized spacial score (nSPS) is 20.9. The number of hydrogen-bond acceptors (Lipinski definition) is 4. The molecule has 0 bridgehead atoms. The molecule has 1 heterocycles. The molecule has 0 saturated carbocycles. The summed E-state index contributed by atoms with van der Waals surface area (Å²) < 4.78 is 5.33. The molecular formula is C10H20N2O3. The Hall–Kier alpha value is -0.650. The summed E-state index contributed by atoms with van der Waals surface area (Å²) in [6.07, 6.45) is 1.68. The minimum atomic E-state index is -0.774. The smallest absolute Gasteiger partial charge is 0.320 e. The molecule has 15 heavy (non-hydrogen) atoms. The van der Waals surface area contributed by atoms with E-state index in [0.29, 0.717) is 6.42 Å². The molecular weight excluding hydrogens is 196 g/mol. The molecule has 0 spiro atoms. The average Bonchev–Trinajstić information content (AvgIpc) is 2.46. The van der Waals surface area contributed by atoms with Crippen molar-refractivity contribution in [3.8, 4) is 0 Å². The number of rotatable bonds is 5. The fourth-order valence-corrected chi connectivity index (χ4v) is 1.72. The number of aliphatic carboxylic acids is 1. The van der Waals surface area contributed by atoms with Gasteiger partial charge < -0.3 is 20.1 Å². The Labute approximate surface area is 90.4 Å². The van der Waals surface area contributed by atoms with Crippen LogP contribution < -0.4 is 5.32 Å². The Bertz CT molecular complexity index is 191. The van der Waals surface area contributed by atoms with Crippen molar-refractivity contribution >= 4 is 5.97 Å². The van der Waals surface area contributed by atoms with E-state index < -0.39 is 12.0 Å². The van der Waals surface area contributed by atoms with Crippen molar-refractivity contribution in [2.45, 2.75) is 18.9 Å². The standard InChI is InChI=1S/C10H20N2O3/c1-11-9(10(13)14)3-5-12-4-2-7-15-8-6-12/h9,11H,2-8H2,1H3,(H,13,14). The van der Waals surface area contributed by atoms with Gasteiger partial charge in [0.1, 0.15) is 6.04 Å². The van der Waals surface area contributed by atoms with E-state index in [1.807, 2.05) is 0 Å². The van der Waals surface area contributed by atoms with Crippen LogP contribution in [0, 0.1) is 0 Å². The van der Waals surface area contributed by atoms with Gasteiger partial charge in [-0.25, -0.2) is 0 Å². The van der Waals surface area contributed by atoms with Gasteiger partial charge in [-0.2, -0.15) is 0 Å². The summed E-state index contributed by atoms with van der Waals surface area (Å²) in [6, 6.07) is -0.436. The Morgan fingerprint density at radius 2 is 2.33 bits per heavy atom. The zero-order valence-electron chi connectivity index (χ0n) is 9.24. The molecule has 5 nitrogen and oxygen atoms in total. The topological polar surface area (TPSA) is 61.8 Å². The number of hydrogen-bond donors (Lipinski definition) is 2. The first kappa shape index (κ1) is 12.4. The fourth-order valence-electron chi connectivity index (χ4n) is 1.72. The summed E-state index contributed by atoms with van der Waals surface area (Å²) in [5.41, 5.74) is 0. The van der Waals surface area contributed by atoms with Crippen molar-refractivity contribution in [3.63, 3.8) is 0 Å². The highest BCUT2D eigenvalue weighted by Crippen LogP contribution is 2.02. The van der Waals surface area contributed by atoms with Crippen LogP contribution in [-0.2, 0) is 9.53 Å². The van der Waals surface area contributed by atoms with Gasteiger partial charge in [0.15, 0.2) is 0 Å². The van der Waals surface area contributed by atoms with Crippen molar-refractivity contribution in [2.75, 3.05) is 39.9 Å². The third-order valence-electron chi connectivity index (χ3n) is 2.70. The highest BCUT2D eigenvalue weighted by molar-refractivity contribution is 5.73. The van der Waals surface area contributed by atoms with Crippen LogP contribution in [0.1, 0.15) is 12.8 Å². The van der Waals surface area contributed by atoms with Gasteiger partial charge in [-0.05, 0) is 19.9 Å². The minimum Gasteiger partial charge on any atom is -0.480 e. The van der Waals surface area contributed by atoms with Crippen molar-refractivity contribution in [2.24, 2.45) is 0 Å². The maximum absolute atomic E-state index is 10.8. The van der Waals surface area contributed by atoms with Crippen LogP contribution in [0.2, 0.25) is 0 Å². The number of ether oxygens (including phenoxy) is 1. The Balaban J connectivity index is 2.24. The second-order valence-electron chi connectivity index (χ2n) is 3.78. The highest BCUT2D eigenvalue weighted by Gasteiger charge is 2.16. The van der Waals surface area contributed by atoms with Gasteiger partial charge in [-0.1, -0.05) is 0 Å². The highest BCUT2D eigenvalue weighted by atomic mass is 16.5. The largest absolute Gasteiger partial charge is 0.480 e. The zero-order valence-corrected chi connectivity index (χ0v) is 9.24. The van der Waals surface area contributed by atoms with Gasteiger partial charge in [0.25, 0.3) is 0 Å². The van der Waals surface area contributed by atoms with Crippen LogP contribution in [0.25, 0.3) is 0 Å². The molecule has 1 aliphatic rings. The van der Waals surface area contributed by atoms with Gasteiger partial charge in [0.2, 0.25) is 0 Å². The average molecular weight is 216 g/mol. The van der Waals surface area contributed by atoms with E-state index in [0.717, 1.165) is 39.3 Å². The number of carbonyl (C=O) groups is 1. The van der Waals surface area contributed by atoms with Crippen molar-refractivity contribution in [3.05, 3.63) is 0 Å². The molecule has 1 atom stereocenters. The van der Waals surface area contributed by atoms with E-state index in [9.17, 15) is 4.79 Å². The van der Waals surface area contributed by atoms with Crippen LogP contribution in [-0.4, -0.2) is 61.9 Å². The van der Waals surface area contributed by atoms with Gasteiger partial charge in [-0.3, -0.25) is 4.79 Å². The second kappa shape index (κ2) is 6.76. The molecule has 0 aliphatic carbocycles. The predicted octanol–water partition coefficient (Wildman–Crippen LogP) is -0.229. The molecule has 1 saturated heterocycles. The lowest BCUT2D eigenvalue weighted by molar-refractivity contribution is -0.139. The van der Waals surface area contributed by atoms with Crippen molar-refractivity contribution in [1.82, 2.24) is 10.2 Å². The number of likely N-dealkylation sites (N-methyl/N-ethyl adjacent to an activating group) is 1. The number of carboxylic acid groups (broad SMARTS) is 1. The first-order valence-corrected chi connectivity index (χ1v) is 5.44. The summed E-state index contributed by atoms with van der Waals surface area (Å²) in [6.45, 7) is 4.33. The molecule has 0 aromatic rings. The maximum atomic E-state index is 10.8. The monoisotopic (exact) mass is 216 g/mol. The van der Waals surface area contributed by atoms with Gasteiger partial charge >= 0.3 is 5.97 Å². The molecule has 5 heteroatoms. The Morgan fingerprint density at radius 3 is 3.00 bits per heavy atom. The molecule has 1 unspecified atom stereocenters. The van der Waals surface area contributed by atoms with Crippen LogP contribution >= 0.6 is 0 Å². The summed E-state index contributed by atoms with van der Waals surface area (Å²) in [4.78, 5) is 13.0. The number of nitrogens with zero attached hydrogens (tertiary/aromatic N) is 1. The maximum Gasteiger partial charge on any atom is 0.320 e. The number of nitrogens with one attached hydrogen (secondary N) is 1. The minimum absolute atomic E-state index is 0.436. The van der Waals surface area contributed by atoms with Crippen molar-refractivity contribution < 1.29 is 14.6 Å². The Kier molecular flexibility index (Phi) is 5.60. The fraction of sp³-hybridized carbons (Fsp3) is 0.900.